The third kappa shape index (κ3) is 2.88. The molecule has 0 radical (unpaired) electrons. The van der Waals surface area contributed by atoms with E-state index in [1.54, 1.807) is 6.07 Å². The van der Waals surface area contributed by atoms with Gasteiger partial charge in [0.2, 0.25) is 0 Å². The lowest BCUT2D eigenvalue weighted by molar-refractivity contribution is 0.514. The summed E-state index contributed by atoms with van der Waals surface area (Å²) in [6, 6.07) is 5.03. The summed E-state index contributed by atoms with van der Waals surface area (Å²) in [4.78, 5) is 3.79. The lowest BCUT2D eigenvalue weighted by Crippen LogP contribution is -2.34. The van der Waals surface area contributed by atoms with E-state index in [1.807, 2.05) is 19.9 Å². The Morgan fingerprint density at radius 3 is 2.71 bits per heavy atom. The number of nitrogens with two attached hydrogens (primary N) is 1. The molecular formula is C12H15FN4. The molecule has 0 amide bonds. The molecule has 0 spiro atoms. The van der Waals surface area contributed by atoms with Gasteiger partial charge in [0.1, 0.15) is 24.2 Å². The standard InChI is InChI=1S/C12H15FN4/c1-12(2,14)6-9-3-4-11(10(13)5-9)17-8-15-7-16-17/h3-5,7-8H,6,14H2,1-2H3. The van der Waals surface area contributed by atoms with Crippen molar-refractivity contribution in [1.29, 1.82) is 0 Å². The van der Waals surface area contributed by atoms with Crippen LogP contribution in [0.25, 0.3) is 5.69 Å². The van der Waals surface area contributed by atoms with Gasteiger partial charge >= 0.3 is 0 Å². The SMILES string of the molecule is CC(C)(N)Cc1ccc(-n2cncn2)c(F)c1. The fourth-order valence-corrected chi connectivity index (χ4v) is 1.70. The van der Waals surface area contributed by atoms with Crippen molar-refractivity contribution in [3.05, 3.63) is 42.2 Å². The number of aromatic nitrogens is 3. The summed E-state index contributed by atoms with van der Waals surface area (Å²) in [7, 11) is 0. The molecule has 17 heavy (non-hydrogen) atoms. The number of halogens is 1. The molecule has 0 saturated carbocycles. The maximum Gasteiger partial charge on any atom is 0.149 e. The van der Waals surface area contributed by atoms with Crippen molar-refractivity contribution in [1.82, 2.24) is 14.8 Å². The van der Waals surface area contributed by atoms with Crippen LogP contribution in [0.2, 0.25) is 0 Å². The lowest BCUT2D eigenvalue weighted by Gasteiger charge is -2.18. The largest absolute Gasteiger partial charge is 0.325 e. The number of benzene rings is 1. The van der Waals surface area contributed by atoms with Crippen molar-refractivity contribution in [3.8, 4) is 5.69 Å². The van der Waals surface area contributed by atoms with Gasteiger partial charge in [-0.15, -0.1) is 0 Å². The van der Waals surface area contributed by atoms with Crippen molar-refractivity contribution < 1.29 is 4.39 Å². The van der Waals surface area contributed by atoms with E-state index in [-0.39, 0.29) is 11.4 Å². The maximum absolute atomic E-state index is 13.9. The van der Waals surface area contributed by atoms with Crippen molar-refractivity contribution in [2.24, 2.45) is 5.73 Å². The van der Waals surface area contributed by atoms with Crippen molar-refractivity contribution >= 4 is 0 Å². The lowest BCUT2D eigenvalue weighted by atomic mass is 9.96. The van der Waals surface area contributed by atoms with E-state index in [2.05, 4.69) is 10.1 Å². The highest BCUT2D eigenvalue weighted by Crippen LogP contribution is 2.17. The minimum absolute atomic E-state index is 0.322. The van der Waals surface area contributed by atoms with Crippen LogP contribution in [0.15, 0.2) is 30.9 Å². The van der Waals surface area contributed by atoms with Crippen LogP contribution in [-0.4, -0.2) is 20.3 Å². The highest BCUT2D eigenvalue weighted by Gasteiger charge is 2.13. The Labute approximate surface area is 99.3 Å². The predicted molar refractivity (Wildman–Crippen MR) is 63.3 cm³/mol. The quantitative estimate of drug-likeness (QED) is 0.879. The molecule has 1 aromatic heterocycles. The van der Waals surface area contributed by atoms with Gasteiger partial charge in [-0.3, -0.25) is 0 Å². The van der Waals surface area contributed by atoms with Crippen LogP contribution in [0.1, 0.15) is 19.4 Å². The molecule has 0 aliphatic heterocycles. The van der Waals surface area contributed by atoms with E-state index in [1.165, 1.54) is 23.4 Å². The molecular weight excluding hydrogens is 219 g/mol. The normalized spacial score (nSPS) is 11.8. The Morgan fingerprint density at radius 2 is 2.18 bits per heavy atom. The second kappa shape index (κ2) is 4.25. The molecule has 90 valence electrons. The fraction of sp³-hybridized carbons (Fsp3) is 0.333. The van der Waals surface area contributed by atoms with Crippen LogP contribution < -0.4 is 5.73 Å². The molecule has 2 N–H and O–H groups in total. The summed E-state index contributed by atoms with van der Waals surface area (Å²) in [5, 5.41) is 3.89. The molecule has 0 saturated heterocycles. The van der Waals surface area contributed by atoms with Crippen LogP contribution >= 0.6 is 0 Å². The van der Waals surface area contributed by atoms with Gasteiger partial charge in [0, 0.05) is 5.54 Å². The molecule has 2 aromatic rings. The molecule has 0 bridgehead atoms. The highest BCUT2D eigenvalue weighted by molar-refractivity contribution is 5.35. The monoisotopic (exact) mass is 234 g/mol. The first-order valence-corrected chi connectivity index (χ1v) is 5.38. The third-order valence-corrected chi connectivity index (χ3v) is 2.34. The zero-order valence-electron chi connectivity index (χ0n) is 9.89. The predicted octanol–water partition coefficient (Wildman–Crippen LogP) is 1.69. The second-order valence-electron chi connectivity index (χ2n) is 4.79. The minimum atomic E-state index is -0.346. The summed E-state index contributed by atoms with van der Waals surface area (Å²) in [6.07, 6.45) is 3.46. The van der Waals surface area contributed by atoms with Gasteiger partial charge in [0.15, 0.2) is 0 Å². The van der Waals surface area contributed by atoms with Gasteiger partial charge < -0.3 is 5.73 Å². The molecule has 1 heterocycles. The molecule has 1 aromatic carbocycles. The first-order chi connectivity index (χ1) is 7.96. The average Bonchev–Trinajstić information content (AvgIpc) is 2.68. The van der Waals surface area contributed by atoms with Gasteiger partial charge in [-0.1, -0.05) is 6.07 Å². The number of hydrogen-bond donors (Lipinski definition) is 1. The molecule has 0 aliphatic carbocycles. The zero-order chi connectivity index (χ0) is 12.5. The maximum atomic E-state index is 13.9. The van der Waals surface area contributed by atoms with Gasteiger partial charge in [-0.25, -0.2) is 14.1 Å². The molecule has 0 atom stereocenters. The molecule has 0 fully saturated rings. The van der Waals surface area contributed by atoms with E-state index in [0.717, 1.165) is 5.56 Å². The van der Waals surface area contributed by atoms with Gasteiger partial charge in [-0.2, -0.15) is 5.10 Å². The Morgan fingerprint density at radius 1 is 1.41 bits per heavy atom. The highest BCUT2D eigenvalue weighted by atomic mass is 19.1. The van der Waals surface area contributed by atoms with E-state index in [4.69, 9.17) is 5.73 Å². The summed E-state index contributed by atoms with van der Waals surface area (Å²) in [5.74, 6) is -0.322. The van der Waals surface area contributed by atoms with Crippen molar-refractivity contribution in [2.75, 3.05) is 0 Å². The first-order valence-electron chi connectivity index (χ1n) is 5.38. The van der Waals surface area contributed by atoms with Crippen molar-refractivity contribution in [2.45, 2.75) is 25.8 Å². The van der Waals surface area contributed by atoms with E-state index >= 15 is 0 Å². The summed E-state index contributed by atoms with van der Waals surface area (Å²) in [5.41, 5.74) is 6.82. The second-order valence-corrected chi connectivity index (χ2v) is 4.79. The third-order valence-electron chi connectivity index (χ3n) is 2.34. The summed E-state index contributed by atoms with van der Waals surface area (Å²) >= 11 is 0. The van der Waals surface area contributed by atoms with Crippen LogP contribution in [0.5, 0.6) is 0 Å². The minimum Gasteiger partial charge on any atom is -0.325 e. The number of hydrogen-bond acceptors (Lipinski definition) is 3. The Hall–Kier alpha value is -1.75. The Bertz CT molecular complexity index is 500. The van der Waals surface area contributed by atoms with Crippen molar-refractivity contribution in [3.63, 3.8) is 0 Å². The van der Waals surface area contributed by atoms with Crippen LogP contribution in [0, 0.1) is 5.82 Å². The molecule has 4 nitrogen and oxygen atoms in total. The summed E-state index contributed by atoms with van der Waals surface area (Å²) in [6.45, 7) is 3.83. The van der Waals surface area contributed by atoms with Crippen LogP contribution in [0.4, 0.5) is 4.39 Å². The zero-order valence-corrected chi connectivity index (χ0v) is 9.89. The number of nitrogens with zero attached hydrogens (tertiary/aromatic N) is 3. The first kappa shape index (κ1) is 11.7. The van der Waals surface area contributed by atoms with Crippen LogP contribution in [0.3, 0.4) is 0 Å². The molecule has 2 rings (SSSR count). The smallest absolute Gasteiger partial charge is 0.149 e. The van der Waals surface area contributed by atoms with Gasteiger partial charge in [0.25, 0.3) is 0 Å². The Kier molecular flexibility index (Phi) is 2.93. The molecule has 5 heteroatoms. The average molecular weight is 234 g/mol. The molecule has 0 aliphatic rings. The van der Waals surface area contributed by atoms with E-state index in [0.29, 0.717) is 12.1 Å². The van der Waals surface area contributed by atoms with Gasteiger partial charge in [-0.05, 0) is 38.0 Å². The summed E-state index contributed by atoms with van der Waals surface area (Å²) < 4.78 is 15.3. The van der Waals surface area contributed by atoms with E-state index < -0.39 is 0 Å². The van der Waals surface area contributed by atoms with Gasteiger partial charge in [0.05, 0.1) is 0 Å². The van der Waals surface area contributed by atoms with E-state index in [9.17, 15) is 4.39 Å². The molecule has 0 unspecified atom stereocenters. The number of rotatable bonds is 3. The topological polar surface area (TPSA) is 56.7 Å². The fourth-order valence-electron chi connectivity index (χ4n) is 1.70. The van der Waals surface area contributed by atoms with Crippen LogP contribution in [-0.2, 0) is 6.42 Å². The Balaban J connectivity index is 2.30.